The fraction of sp³-hybridized carbons (Fsp3) is 0.290. The first-order chi connectivity index (χ1) is 22.8. The smallest absolute Gasteiger partial charge is 0.410 e. The van der Waals surface area contributed by atoms with E-state index >= 15 is 0 Å². The van der Waals surface area contributed by atoms with Gasteiger partial charge in [0.15, 0.2) is 17.0 Å². The lowest BCUT2D eigenvalue weighted by Crippen LogP contribution is -2.44. The number of para-hydroxylation sites is 1. The van der Waals surface area contributed by atoms with Crippen LogP contribution in [0.25, 0.3) is 17.1 Å². The summed E-state index contributed by atoms with van der Waals surface area (Å²) in [4.78, 5) is 38.1. The molecule has 3 aromatic heterocycles. The van der Waals surface area contributed by atoms with Crippen LogP contribution in [0.4, 0.5) is 16.3 Å². The number of ether oxygens (including phenoxy) is 1. The van der Waals surface area contributed by atoms with Gasteiger partial charge in [-0.15, -0.1) is 0 Å². The van der Waals surface area contributed by atoms with E-state index in [0.29, 0.717) is 23.4 Å². The number of hydrogen-bond donors (Lipinski definition) is 7. The third kappa shape index (κ3) is 7.05. The van der Waals surface area contributed by atoms with Gasteiger partial charge >= 0.3 is 6.09 Å². The number of aromatic nitrogens is 6. The Hall–Kier alpha value is -5.42. The molecule has 16 nitrogen and oxygen atoms in total. The lowest BCUT2D eigenvalue weighted by molar-refractivity contribution is -0.125. The molecule has 0 radical (unpaired) electrons. The fourth-order valence-electron chi connectivity index (χ4n) is 5.52. The highest BCUT2D eigenvalue weighted by molar-refractivity contribution is 5.86. The van der Waals surface area contributed by atoms with E-state index in [1.807, 2.05) is 30.3 Å². The van der Waals surface area contributed by atoms with Crippen LogP contribution in [0.2, 0.25) is 0 Å². The summed E-state index contributed by atoms with van der Waals surface area (Å²) in [5, 5.41) is 53.7. The van der Waals surface area contributed by atoms with E-state index in [4.69, 9.17) is 9.84 Å². The number of imidazole rings is 1. The summed E-state index contributed by atoms with van der Waals surface area (Å²) in [7, 11) is 0. The van der Waals surface area contributed by atoms with Crippen molar-refractivity contribution in [2.45, 2.75) is 43.2 Å². The topological polar surface area (TPSA) is 222 Å². The van der Waals surface area contributed by atoms with Gasteiger partial charge in [-0.1, -0.05) is 48.5 Å². The Balaban J connectivity index is 1.33. The number of carbonyl (C=O) groups is 2. The number of hydrogen-bond acceptors (Lipinski definition) is 12. The quantitative estimate of drug-likeness (QED) is 0.106. The number of amides is 2. The second-order valence-corrected chi connectivity index (χ2v) is 11.0. The number of benzene rings is 2. The molecular weight excluding hydrogens is 610 g/mol. The molecule has 1 aliphatic rings. The van der Waals surface area contributed by atoms with Crippen LogP contribution in [-0.4, -0.2) is 99.2 Å². The molecule has 0 saturated heterocycles. The number of rotatable bonds is 11. The van der Waals surface area contributed by atoms with Crippen LogP contribution in [0.15, 0.2) is 79.4 Å². The van der Waals surface area contributed by atoms with E-state index in [1.165, 1.54) is 23.4 Å². The predicted molar refractivity (Wildman–Crippen MR) is 168 cm³/mol. The first-order valence-corrected chi connectivity index (χ1v) is 14.8. The van der Waals surface area contributed by atoms with E-state index in [-0.39, 0.29) is 30.4 Å². The highest BCUT2D eigenvalue weighted by Gasteiger charge is 2.44. The molecule has 6 rings (SSSR count). The predicted octanol–water partition coefficient (Wildman–Crippen LogP) is 0.782. The van der Waals surface area contributed by atoms with Gasteiger partial charge < -0.3 is 40.4 Å². The molecule has 7 N–H and O–H groups in total. The minimum atomic E-state index is -1.31. The summed E-state index contributed by atoms with van der Waals surface area (Å²) in [6.45, 7) is -0.987. The molecule has 1 aliphatic carbocycles. The molecule has 244 valence electrons. The SMILES string of the molecule is O=C(CO)N[C@H]1C[C@@H](n2cnc3c(N[C@H](CO)Cc4ccccc4)nc(-n4cc(NC(=O)Oc5ccccc5)cn4)nc32)[C@H](O)[C@@H]1O. The summed E-state index contributed by atoms with van der Waals surface area (Å²) in [6, 6.07) is 16.1. The van der Waals surface area contributed by atoms with E-state index < -0.39 is 48.9 Å². The van der Waals surface area contributed by atoms with Gasteiger partial charge in [0, 0.05) is 0 Å². The number of aliphatic hydroxyl groups excluding tert-OH is 4. The molecule has 1 saturated carbocycles. The van der Waals surface area contributed by atoms with Gasteiger partial charge in [-0.2, -0.15) is 15.1 Å². The second kappa shape index (κ2) is 13.9. The first-order valence-electron chi connectivity index (χ1n) is 14.8. The minimum Gasteiger partial charge on any atom is -0.410 e. The molecule has 0 aliphatic heterocycles. The van der Waals surface area contributed by atoms with Crippen molar-refractivity contribution in [1.82, 2.24) is 34.6 Å². The lowest BCUT2D eigenvalue weighted by Gasteiger charge is -2.20. The number of carbonyl (C=O) groups excluding carboxylic acids is 2. The van der Waals surface area contributed by atoms with Crippen LogP contribution in [0.3, 0.4) is 0 Å². The Labute approximate surface area is 267 Å². The fourth-order valence-corrected chi connectivity index (χ4v) is 5.52. The van der Waals surface area contributed by atoms with Gasteiger partial charge in [-0.05, 0) is 30.5 Å². The summed E-state index contributed by atoms with van der Waals surface area (Å²) in [6.07, 6.45) is 1.58. The van der Waals surface area contributed by atoms with Crippen molar-refractivity contribution in [2.75, 3.05) is 23.8 Å². The first kappa shape index (κ1) is 31.6. The van der Waals surface area contributed by atoms with Crippen LogP contribution in [0.5, 0.6) is 5.75 Å². The summed E-state index contributed by atoms with van der Waals surface area (Å²) in [5.74, 6) is 0.0189. The lowest BCUT2D eigenvalue weighted by atomic mass is 10.1. The Morgan fingerprint density at radius 3 is 2.47 bits per heavy atom. The van der Waals surface area contributed by atoms with Crippen molar-refractivity contribution in [3.8, 4) is 11.7 Å². The molecule has 47 heavy (non-hydrogen) atoms. The minimum absolute atomic E-state index is 0.0702. The summed E-state index contributed by atoms with van der Waals surface area (Å²) < 4.78 is 8.20. The maximum absolute atomic E-state index is 12.5. The molecule has 2 aromatic carbocycles. The third-order valence-corrected chi connectivity index (χ3v) is 7.78. The maximum Gasteiger partial charge on any atom is 0.417 e. The van der Waals surface area contributed by atoms with Gasteiger partial charge in [-0.25, -0.2) is 14.5 Å². The van der Waals surface area contributed by atoms with Crippen LogP contribution in [0.1, 0.15) is 18.0 Å². The van der Waals surface area contributed by atoms with Crippen molar-refractivity contribution in [3.05, 3.63) is 84.9 Å². The Kier molecular flexibility index (Phi) is 9.35. The van der Waals surface area contributed by atoms with Gasteiger partial charge in [0.25, 0.3) is 5.95 Å². The van der Waals surface area contributed by atoms with E-state index in [2.05, 4.69) is 36.0 Å². The molecule has 5 atom stereocenters. The van der Waals surface area contributed by atoms with Crippen LogP contribution >= 0.6 is 0 Å². The van der Waals surface area contributed by atoms with Crippen molar-refractivity contribution >= 4 is 34.7 Å². The van der Waals surface area contributed by atoms with Crippen molar-refractivity contribution in [3.63, 3.8) is 0 Å². The molecule has 16 heteroatoms. The number of aliphatic hydroxyl groups is 4. The Morgan fingerprint density at radius 1 is 1.00 bits per heavy atom. The van der Waals surface area contributed by atoms with Gasteiger partial charge in [0.2, 0.25) is 5.91 Å². The number of nitrogens with one attached hydrogen (secondary N) is 3. The zero-order chi connectivity index (χ0) is 32.9. The number of nitrogens with zero attached hydrogens (tertiary/aromatic N) is 6. The molecule has 0 spiro atoms. The Bertz CT molecular complexity index is 1830. The van der Waals surface area contributed by atoms with Crippen molar-refractivity contribution in [1.29, 1.82) is 0 Å². The number of anilines is 2. The number of fused-ring (bicyclic) bond motifs is 1. The average Bonchev–Trinajstić information content (AvgIpc) is 3.80. The standard InChI is InChI=1S/C31H33N9O7/c41-15-19(11-18-7-3-1-4-8-18)34-28-25-29(39(17-32-25)23-12-22(26(44)27(23)45)36-24(43)16-42)38-30(37-28)40-14-20(13-33-40)35-31(46)47-21-9-5-2-6-10-21/h1-10,13-14,17,19,22-23,26-27,41-42,44-45H,11-12,15-16H2,(H,35,46)(H,36,43)(H,34,37,38)/t19-,22-,23+,26+,27-/m0/s1. The van der Waals surface area contributed by atoms with Gasteiger partial charge in [0.1, 0.15) is 24.6 Å². The highest BCUT2D eigenvalue weighted by atomic mass is 16.6. The van der Waals surface area contributed by atoms with Gasteiger partial charge in [0.05, 0.1) is 49.1 Å². The zero-order valence-corrected chi connectivity index (χ0v) is 24.9. The Morgan fingerprint density at radius 2 is 1.74 bits per heavy atom. The summed E-state index contributed by atoms with van der Waals surface area (Å²) >= 11 is 0. The van der Waals surface area contributed by atoms with Gasteiger partial charge in [-0.3, -0.25) is 10.1 Å². The maximum atomic E-state index is 12.5. The average molecular weight is 644 g/mol. The zero-order valence-electron chi connectivity index (χ0n) is 24.9. The van der Waals surface area contributed by atoms with Crippen molar-refractivity contribution < 1.29 is 34.8 Å². The highest BCUT2D eigenvalue weighted by Crippen LogP contribution is 2.34. The van der Waals surface area contributed by atoms with Crippen molar-refractivity contribution in [2.24, 2.45) is 0 Å². The second-order valence-electron chi connectivity index (χ2n) is 11.0. The normalized spacial score (nSPS) is 19.7. The monoisotopic (exact) mass is 643 g/mol. The molecule has 1 fully saturated rings. The van der Waals surface area contributed by atoms with Crippen LogP contribution in [-0.2, 0) is 11.2 Å². The largest absolute Gasteiger partial charge is 0.417 e. The molecule has 5 aromatic rings. The summed E-state index contributed by atoms with van der Waals surface area (Å²) in [5.41, 5.74) is 1.88. The van der Waals surface area contributed by atoms with Crippen LogP contribution in [0, 0.1) is 0 Å². The molecule has 0 bridgehead atoms. The molecule has 2 amide bonds. The molecular formula is C31H33N9O7. The van der Waals surface area contributed by atoms with Crippen LogP contribution < -0.4 is 20.7 Å². The van der Waals surface area contributed by atoms with E-state index in [9.17, 15) is 24.9 Å². The molecule has 0 unspecified atom stereocenters. The molecule has 3 heterocycles. The van der Waals surface area contributed by atoms with E-state index in [0.717, 1.165) is 5.56 Å². The third-order valence-electron chi connectivity index (χ3n) is 7.78. The van der Waals surface area contributed by atoms with E-state index in [1.54, 1.807) is 34.9 Å².